The molecule has 3 aliphatic rings. The Balaban J connectivity index is 1.85. The number of hydrogen-bond donors (Lipinski definition) is 1. The highest BCUT2D eigenvalue weighted by molar-refractivity contribution is 5.51. The molecule has 34 heavy (non-hydrogen) atoms. The molecule has 1 aromatic carbocycles. The third kappa shape index (κ3) is 4.00. The minimum Gasteiger partial charge on any atom is -0.493 e. The zero-order valence-electron chi connectivity index (χ0n) is 21.2. The third-order valence-corrected chi connectivity index (χ3v) is 7.88. The molecule has 0 saturated carbocycles. The van der Waals surface area contributed by atoms with Crippen molar-refractivity contribution in [3.63, 3.8) is 0 Å². The van der Waals surface area contributed by atoms with Gasteiger partial charge < -0.3 is 24.1 Å². The maximum absolute atomic E-state index is 10.6. The third-order valence-electron chi connectivity index (χ3n) is 7.88. The average Bonchev–Trinajstić information content (AvgIpc) is 2.84. The van der Waals surface area contributed by atoms with Crippen molar-refractivity contribution in [1.82, 2.24) is 9.80 Å². The molecule has 3 heterocycles. The number of rotatable bonds is 5. The summed E-state index contributed by atoms with van der Waals surface area (Å²) >= 11 is 0. The molecular formula is C27H38N2O5. The van der Waals surface area contributed by atoms with Gasteiger partial charge in [-0.15, -0.1) is 0 Å². The van der Waals surface area contributed by atoms with Crippen molar-refractivity contribution in [2.75, 3.05) is 42.1 Å². The summed E-state index contributed by atoms with van der Waals surface area (Å²) in [4.78, 5) is 5.01. The topological polar surface area (TPSA) is 63.6 Å². The summed E-state index contributed by atoms with van der Waals surface area (Å²) in [5, 5.41) is 10.6. The van der Waals surface area contributed by atoms with Crippen molar-refractivity contribution in [2.24, 2.45) is 0 Å². The van der Waals surface area contributed by atoms with Crippen molar-refractivity contribution >= 4 is 0 Å². The quantitative estimate of drug-likeness (QED) is 0.707. The number of piperazine rings is 1. The van der Waals surface area contributed by atoms with E-state index in [1.807, 2.05) is 6.08 Å². The van der Waals surface area contributed by atoms with Gasteiger partial charge in [-0.2, -0.15) is 0 Å². The first-order valence-corrected chi connectivity index (χ1v) is 11.9. The molecule has 186 valence electrons. The standard InChI is InChI=1S/C27H38N2O5/c1-16-11-24(32-5)23(31-4)10-8-9-20-27-19-14-26(34-7)25(33-6)13-18(19)12-21(28(27)3)17(2)29(20)22(16)15-30/h10-11,13-14,17,20-22,27,30H,1,8-9,12,15H2,2-7H3/b23-10+,24-11?/t17-,20-,21-,22-,27?/m0/s1. The summed E-state index contributed by atoms with van der Waals surface area (Å²) in [6, 6.07) is 4.88. The van der Waals surface area contributed by atoms with Gasteiger partial charge in [0.25, 0.3) is 0 Å². The zero-order valence-corrected chi connectivity index (χ0v) is 21.2. The van der Waals surface area contributed by atoms with Gasteiger partial charge in [0.2, 0.25) is 0 Å². The summed E-state index contributed by atoms with van der Waals surface area (Å²) in [6.07, 6.45) is 6.62. The van der Waals surface area contributed by atoms with Gasteiger partial charge in [-0.05, 0) is 74.2 Å². The minimum atomic E-state index is -0.221. The van der Waals surface area contributed by atoms with E-state index in [0.717, 1.165) is 36.3 Å². The largest absolute Gasteiger partial charge is 0.493 e. The van der Waals surface area contributed by atoms with Crippen LogP contribution in [0, 0.1) is 0 Å². The van der Waals surface area contributed by atoms with Crippen molar-refractivity contribution in [1.29, 1.82) is 0 Å². The molecule has 1 fully saturated rings. The second-order valence-corrected chi connectivity index (χ2v) is 9.38. The Bertz CT molecular complexity index is 987. The normalized spacial score (nSPS) is 31.4. The van der Waals surface area contributed by atoms with Gasteiger partial charge in [0.05, 0.1) is 47.1 Å². The van der Waals surface area contributed by atoms with Crippen molar-refractivity contribution in [2.45, 2.75) is 56.4 Å². The lowest BCUT2D eigenvalue weighted by atomic mass is 9.75. The molecular weight excluding hydrogens is 432 g/mol. The fraction of sp³-hybridized carbons (Fsp3) is 0.556. The van der Waals surface area contributed by atoms with E-state index in [1.54, 1.807) is 28.4 Å². The predicted molar refractivity (Wildman–Crippen MR) is 132 cm³/mol. The number of methoxy groups -OCH3 is 4. The van der Waals surface area contributed by atoms with Crippen molar-refractivity contribution < 1.29 is 24.1 Å². The highest BCUT2D eigenvalue weighted by Gasteiger charge is 2.50. The molecule has 1 saturated heterocycles. The van der Waals surface area contributed by atoms with E-state index in [2.05, 4.69) is 48.6 Å². The van der Waals surface area contributed by atoms with Crippen LogP contribution in [0.2, 0.25) is 0 Å². The lowest BCUT2D eigenvalue weighted by molar-refractivity contribution is -0.0799. The molecule has 2 bridgehead atoms. The Morgan fingerprint density at radius 3 is 2.29 bits per heavy atom. The van der Waals surface area contributed by atoms with E-state index in [4.69, 9.17) is 18.9 Å². The molecule has 0 amide bonds. The molecule has 0 aromatic heterocycles. The van der Waals surface area contributed by atoms with Gasteiger partial charge in [-0.25, -0.2) is 0 Å². The number of benzene rings is 1. The second kappa shape index (κ2) is 10.0. The fourth-order valence-corrected chi connectivity index (χ4v) is 6.23. The maximum Gasteiger partial charge on any atom is 0.161 e. The van der Waals surface area contributed by atoms with Crippen molar-refractivity contribution in [3.05, 3.63) is 59.1 Å². The predicted octanol–water partition coefficient (Wildman–Crippen LogP) is 3.45. The highest BCUT2D eigenvalue weighted by Crippen LogP contribution is 2.48. The molecule has 0 spiro atoms. The monoisotopic (exact) mass is 470 g/mol. The first-order chi connectivity index (χ1) is 16.4. The van der Waals surface area contributed by atoms with E-state index in [9.17, 15) is 5.11 Å². The number of likely N-dealkylation sites (N-methyl/N-ethyl adjacent to an activating group) is 1. The second-order valence-electron chi connectivity index (χ2n) is 9.38. The van der Waals surface area contributed by atoms with E-state index in [-0.39, 0.29) is 30.8 Å². The maximum atomic E-state index is 10.6. The molecule has 0 radical (unpaired) electrons. The van der Waals surface area contributed by atoms with Gasteiger partial charge in [0, 0.05) is 18.1 Å². The van der Waals surface area contributed by atoms with Crippen LogP contribution in [0.15, 0.2) is 48.0 Å². The van der Waals surface area contributed by atoms with Crippen LogP contribution < -0.4 is 9.47 Å². The van der Waals surface area contributed by atoms with Gasteiger partial charge >= 0.3 is 0 Å². The molecule has 3 aliphatic heterocycles. The zero-order chi connectivity index (χ0) is 24.6. The van der Waals surface area contributed by atoms with Crippen LogP contribution in [0.1, 0.15) is 36.9 Å². The van der Waals surface area contributed by atoms with Crippen LogP contribution in [0.5, 0.6) is 11.5 Å². The molecule has 5 atom stereocenters. The number of fused-ring (bicyclic) bond motifs is 6. The number of hydrogen-bond acceptors (Lipinski definition) is 7. The lowest BCUT2D eigenvalue weighted by Crippen LogP contribution is -2.68. The minimum absolute atomic E-state index is 0.0128. The van der Waals surface area contributed by atoms with E-state index in [1.165, 1.54) is 11.1 Å². The van der Waals surface area contributed by atoms with Crippen LogP contribution in [0.4, 0.5) is 0 Å². The van der Waals surface area contributed by atoms with E-state index in [0.29, 0.717) is 17.6 Å². The smallest absolute Gasteiger partial charge is 0.161 e. The summed E-state index contributed by atoms with van der Waals surface area (Å²) in [5.41, 5.74) is 3.39. The molecule has 0 aliphatic carbocycles. The van der Waals surface area contributed by atoms with Gasteiger partial charge in [-0.1, -0.05) is 6.58 Å². The number of aliphatic hydroxyl groups is 1. The highest BCUT2D eigenvalue weighted by atomic mass is 16.5. The molecule has 4 rings (SSSR count). The Kier molecular flexibility index (Phi) is 7.26. The van der Waals surface area contributed by atoms with Gasteiger partial charge in [-0.3, -0.25) is 9.80 Å². The number of nitrogens with zero attached hydrogens (tertiary/aromatic N) is 2. The summed E-state index contributed by atoms with van der Waals surface area (Å²) in [7, 11) is 8.88. The Labute approximate surface area is 203 Å². The van der Waals surface area contributed by atoms with Crippen LogP contribution in [-0.2, 0) is 15.9 Å². The Morgan fingerprint density at radius 2 is 1.68 bits per heavy atom. The van der Waals surface area contributed by atoms with Crippen LogP contribution in [-0.4, -0.2) is 81.2 Å². The van der Waals surface area contributed by atoms with E-state index >= 15 is 0 Å². The van der Waals surface area contributed by atoms with Crippen molar-refractivity contribution in [3.8, 4) is 11.5 Å². The van der Waals surface area contributed by atoms with E-state index < -0.39 is 0 Å². The average molecular weight is 471 g/mol. The molecule has 7 heteroatoms. The Hall–Kier alpha value is -2.48. The van der Waals surface area contributed by atoms with Crippen LogP contribution >= 0.6 is 0 Å². The van der Waals surface area contributed by atoms with Gasteiger partial charge in [0.15, 0.2) is 23.0 Å². The number of aliphatic hydroxyl groups excluding tert-OH is 1. The Morgan fingerprint density at radius 1 is 1.00 bits per heavy atom. The molecule has 7 nitrogen and oxygen atoms in total. The molecule has 1 N–H and O–H groups in total. The first kappa shape index (κ1) is 24.6. The van der Waals surface area contributed by atoms with Crippen LogP contribution in [0.3, 0.4) is 0 Å². The summed E-state index contributed by atoms with van der Waals surface area (Å²) in [5.74, 6) is 2.84. The van der Waals surface area contributed by atoms with Gasteiger partial charge in [0.1, 0.15) is 0 Å². The summed E-state index contributed by atoms with van der Waals surface area (Å²) < 4.78 is 22.5. The first-order valence-electron chi connectivity index (χ1n) is 11.9. The SMILES string of the molecule is C=C1C=C(OC)/C(OC)=C\CC[C@H]2C3c4cc(OC)c(OC)cc4C[C@@H]([C@H](C)N2[C@H]1CO)N3C. The lowest BCUT2D eigenvalue weighted by Gasteiger charge is -2.59. The number of ether oxygens (including phenoxy) is 4. The number of allylic oxidation sites excluding steroid dienone is 1. The fourth-order valence-electron chi connectivity index (χ4n) is 6.23. The molecule has 1 unspecified atom stereocenters. The summed E-state index contributed by atoms with van der Waals surface area (Å²) in [6.45, 7) is 6.61. The molecule has 1 aromatic rings. The van der Waals surface area contributed by atoms with Crippen LogP contribution in [0.25, 0.3) is 0 Å².